The third kappa shape index (κ3) is 1.62. The number of fused-ring (bicyclic) bond motifs is 5. The highest BCUT2D eigenvalue weighted by Gasteiger charge is 2.18. The summed E-state index contributed by atoms with van der Waals surface area (Å²) in [7, 11) is 0. The minimum atomic E-state index is 0.796. The molecule has 5 heteroatoms. The van der Waals surface area contributed by atoms with E-state index >= 15 is 0 Å². The second-order valence-corrected chi connectivity index (χ2v) is 5.57. The molecule has 0 amide bonds. The van der Waals surface area contributed by atoms with Gasteiger partial charge in [0.2, 0.25) is 0 Å². The van der Waals surface area contributed by atoms with Crippen molar-refractivity contribution in [1.82, 2.24) is 24.1 Å². The van der Waals surface area contributed by atoms with Gasteiger partial charge in [0.05, 0.1) is 5.52 Å². The van der Waals surface area contributed by atoms with Gasteiger partial charge in [-0.05, 0) is 29.3 Å². The first-order valence-corrected chi connectivity index (χ1v) is 7.28. The first-order valence-electron chi connectivity index (χ1n) is 7.28. The number of pyridine rings is 1. The lowest BCUT2D eigenvalue weighted by Gasteiger charge is -2.18. The van der Waals surface area contributed by atoms with Crippen LogP contribution in [0.25, 0.3) is 22.6 Å². The molecule has 5 nitrogen and oxygen atoms in total. The van der Waals surface area contributed by atoms with Crippen LogP contribution in [-0.2, 0) is 13.1 Å². The second-order valence-electron chi connectivity index (χ2n) is 5.57. The average Bonchev–Trinajstić information content (AvgIpc) is 3.15. The monoisotopic (exact) mass is 287 g/mol. The van der Waals surface area contributed by atoms with E-state index in [9.17, 15) is 0 Å². The summed E-state index contributed by atoms with van der Waals surface area (Å²) >= 11 is 0. The summed E-state index contributed by atoms with van der Waals surface area (Å²) in [6, 6.07) is 8.52. The van der Waals surface area contributed by atoms with Gasteiger partial charge in [0.15, 0.2) is 11.6 Å². The van der Waals surface area contributed by atoms with Crippen molar-refractivity contribution in [2.75, 3.05) is 0 Å². The minimum absolute atomic E-state index is 0.796. The van der Waals surface area contributed by atoms with Gasteiger partial charge in [0.25, 0.3) is 0 Å². The third-order valence-corrected chi connectivity index (χ3v) is 4.24. The highest BCUT2D eigenvalue weighted by molar-refractivity contribution is 5.80. The van der Waals surface area contributed by atoms with E-state index in [-0.39, 0.29) is 0 Å². The Hall–Kier alpha value is -2.95. The maximum Gasteiger partial charge on any atom is 0.176 e. The van der Waals surface area contributed by atoms with E-state index in [1.807, 2.05) is 37.1 Å². The number of hydrogen-bond acceptors (Lipinski definition) is 3. The zero-order valence-corrected chi connectivity index (χ0v) is 11.8. The van der Waals surface area contributed by atoms with Crippen LogP contribution >= 0.6 is 0 Å². The fourth-order valence-corrected chi connectivity index (χ4v) is 3.16. The van der Waals surface area contributed by atoms with Gasteiger partial charge in [0.1, 0.15) is 0 Å². The maximum atomic E-state index is 4.48. The highest BCUT2D eigenvalue weighted by Crippen LogP contribution is 2.26. The molecule has 5 rings (SSSR count). The lowest BCUT2D eigenvalue weighted by Crippen LogP contribution is -2.13. The molecule has 0 fully saturated rings. The van der Waals surface area contributed by atoms with Crippen LogP contribution in [0.2, 0.25) is 0 Å². The molecule has 0 bridgehead atoms. The SMILES string of the molecule is c1cnc2cc3c(cc2c1)Cn1ccnc1-c1nccn1C3. The lowest BCUT2D eigenvalue weighted by atomic mass is 10.0. The molecule has 4 heterocycles. The fourth-order valence-electron chi connectivity index (χ4n) is 3.16. The fraction of sp³-hybridized carbons (Fsp3) is 0.118. The Balaban J connectivity index is 1.80. The molecule has 0 aliphatic carbocycles. The predicted molar refractivity (Wildman–Crippen MR) is 83.4 cm³/mol. The van der Waals surface area contributed by atoms with Crippen molar-refractivity contribution in [3.8, 4) is 11.6 Å². The normalized spacial score (nSPS) is 13.1. The van der Waals surface area contributed by atoms with Crippen LogP contribution in [0, 0.1) is 0 Å². The molecule has 106 valence electrons. The van der Waals surface area contributed by atoms with Gasteiger partial charge in [-0.3, -0.25) is 4.98 Å². The molecule has 3 aromatic heterocycles. The Morgan fingerprint density at radius 2 is 1.45 bits per heavy atom. The predicted octanol–water partition coefficient (Wildman–Crippen LogP) is 2.70. The molecule has 1 aromatic carbocycles. The van der Waals surface area contributed by atoms with E-state index in [1.165, 1.54) is 16.5 Å². The molecule has 0 spiro atoms. The number of imidazole rings is 2. The summed E-state index contributed by atoms with van der Waals surface area (Å²) < 4.78 is 4.30. The van der Waals surface area contributed by atoms with E-state index in [2.05, 4.69) is 42.3 Å². The zero-order chi connectivity index (χ0) is 14.5. The van der Waals surface area contributed by atoms with Gasteiger partial charge in [-0.25, -0.2) is 9.97 Å². The van der Waals surface area contributed by atoms with Crippen LogP contribution < -0.4 is 0 Å². The molecular weight excluding hydrogens is 274 g/mol. The number of nitrogens with zero attached hydrogens (tertiary/aromatic N) is 5. The van der Waals surface area contributed by atoms with E-state index in [1.54, 1.807) is 0 Å². The summed E-state index contributed by atoms with van der Waals surface area (Å²) in [5.41, 5.74) is 3.62. The van der Waals surface area contributed by atoms with Gasteiger partial charge < -0.3 is 9.13 Å². The van der Waals surface area contributed by atoms with Crippen molar-refractivity contribution in [1.29, 1.82) is 0 Å². The summed E-state index contributed by atoms with van der Waals surface area (Å²) in [5, 5.41) is 1.18. The number of benzene rings is 1. The topological polar surface area (TPSA) is 48.5 Å². The first kappa shape index (κ1) is 11.7. The van der Waals surface area contributed by atoms with Gasteiger partial charge in [-0.1, -0.05) is 6.07 Å². The van der Waals surface area contributed by atoms with Crippen molar-refractivity contribution < 1.29 is 0 Å². The van der Waals surface area contributed by atoms with E-state index in [4.69, 9.17) is 0 Å². The van der Waals surface area contributed by atoms with Crippen molar-refractivity contribution in [3.63, 3.8) is 0 Å². The first-order chi connectivity index (χ1) is 10.9. The molecule has 0 atom stereocenters. The Morgan fingerprint density at radius 3 is 2.18 bits per heavy atom. The largest absolute Gasteiger partial charge is 0.324 e. The van der Waals surface area contributed by atoms with Gasteiger partial charge in [0, 0.05) is 49.5 Å². The number of aromatic nitrogens is 5. The quantitative estimate of drug-likeness (QED) is 0.440. The van der Waals surface area contributed by atoms with Crippen molar-refractivity contribution in [3.05, 3.63) is 66.4 Å². The van der Waals surface area contributed by atoms with Gasteiger partial charge in [-0.2, -0.15) is 0 Å². The second kappa shape index (κ2) is 4.27. The van der Waals surface area contributed by atoms with Crippen molar-refractivity contribution in [2.45, 2.75) is 13.1 Å². The Bertz CT molecular complexity index is 914. The van der Waals surface area contributed by atoms with Gasteiger partial charge in [-0.15, -0.1) is 0 Å². The minimum Gasteiger partial charge on any atom is -0.324 e. The Morgan fingerprint density at radius 1 is 0.773 bits per heavy atom. The van der Waals surface area contributed by atoms with Crippen LogP contribution in [0.4, 0.5) is 0 Å². The molecular formula is C17H13N5. The molecule has 1 aliphatic heterocycles. The van der Waals surface area contributed by atoms with Gasteiger partial charge >= 0.3 is 0 Å². The summed E-state index contributed by atoms with van der Waals surface area (Å²) in [4.78, 5) is 13.4. The smallest absolute Gasteiger partial charge is 0.176 e. The van der Waals surface area contributed by atoms with Crippen LogP contribution in [0.15, 0.2) is 55.2 Å². The number of rotatable bonds is 0. The molecule has 0 N–H and O–H groups in total. The summed E-state index contributed by atoms with van der Waals surface area (Å²) in [6.07, 6.45) is 9.53. The molecule has 0 saturated heterocycles. The number of hydrogen-bond donors (Lipinski definition) is 0. The molecule has 1 aliphatic rings. The third-order valence-electron chi connectivity index (χ3n) is 4.24. The van der Waals surface area contributed by atoms with E-state index in [0.29, 0.717) is 0 Å². The standard InChI is InChI=1S/C17H13N5/c1-2-12-8-13-10-21-6-4-19-16(21)17-20-5-7-22(17)11-14(13)9-15(12)18-3-1/h1-9H,10-11H2. The van der Waals surface area contributed by atoms with Crippen LogP contribution in [0.1, 0.15) is 11.1 Å². The Labute approximate surface area is 126 Å². The summed E-state index contributed by atoms with van der Waals surface area (Å²) in [5.74, 6) is 1.83. The van der Waals surface area contributed by atoms with Crippen molar-refractivity contribution >= 4 is 10.9 Å². The zero-order valence-electron chi connectivity index (χ0n) is 11.8. The molecule has 0 radical (unpaired) electrons. The molecule has 4 aromatic rings. The van der Waals surface area contributed by atoms with E-state index < -0.39 is 0 Å². The van der Waals surface area contributed by atoms with E-state index in [0.717, 1.165) is 30.3 Å². The van der Waals surface area contributed by atoms with Crippen LogP contribution in [0.5, 0.6) is 0 Å². The van der Waals surface area contributed by atoms with Crippen molar-refractivity contribution in [2.24, 2.45) is 0 Å². The molecule has 22 heavy (non-hydrogen) atoms. The Kier molecular flexibility index (Phi) is 2.27. The average molecular weight is 287 g/mol. The lowest BCUT2D eigenvalue weighted by molar-refractivity contribution is 0.718. The molecule has 0 saturated carbocycles. The van der Waals surface area contributed by atoms with Crippen LogP contribution in [0.3, 0.4) is 0 Å². The highest BCUT2D eigenvalue weighted by atomic mass is 15.2. The maximum absolute atomic E-state index is 4.48. The van der Waals surface area contributed by atoms with Crippen LogP contribution in [-0.4, -0.2) is 24.1 Å². The molecule has 0 unspecified atom stereocenters. The summed E-state index contributed by atoms with van der Waals surface area (Å²) in [6.45, 7) is 1.60.